The molecule has 1 rings (SSSR count). The Bertz CT molecular complexity index is 374. The Morgan fingerprint density at radius 1 is 1.06 bits per heavy atom. The molecule has 0 spiro atoms. The van der Waals surface area contributed by atoms with Gasteiger partial charge in [0.1, 0.15) is 17.3 Å². The van der Waals surface area contributed by atoms with Crippen LogP contribution in [0.3, 0.4) is 0 Å². The summed E-state index contributed by atoms with van der Waals surface area (Å²) in [7, 11) is 5.67. The van der Waals surface area contributed by atoms with Crippen molar-refractivity contribution in [1.82, 2.24) is 4.90 Å². The predicted molar refractivity (Wildman–Crippen MR) is 75.4 cm³/mol. The van der Waals surface area contributed by atoms with Gasteiger partial charge in [0.15, 0.2) is 0 Å². The van der Waals surface area contributed by atoms with Gasteiger partial charge >= 0.3 is 0 Å². The molecule has 0 heterocycles. The molecule has 102 valence electrons. The summed E-state index contributed by atoms with van der Waals surface area (Å²) in [6.07, 6.45) is 0.864. The van der Waals surface area contributed by atoms with E-state index >= 15 is 0 Å². The molecule has 0 atom stereocenters. The topological polar surface area (TPSA) is 6.48 Å². The fourth-order valence-electron chi connectivity index (χ4n) is 1.80. The Morgan fingerprint density at radius 3 is 2.06 bits per heavy atom. The van der Waals surface area contributed by atoms with E-state index in [-0.39, 0.29) is 5.69 Å². The van der Waals surface area contributed by atoms with Crippen LogP contribution in [0.5, 0.6) is 0 Å². The van der Waals surface area contributed by atoms with E-state index in [1.54, 1.807) is 11.9 Å². The Kier molecular flexibility index (Phi) is 6.02. The van der Waals surface area contributed by atoms with Crippen LogP contribution in [0.4, 0.5) is 14.5 Å². The summed E-state index contributed by atoms with van der Waals surface area (Å²) in [6, 6.07) is 2.74. The van der Waals surface area contributed by atoms with E-state index < -0.39 is 11.6 Å². The molecule has 1 aromatic carbocycles. The van der Waals surface area contributed by atoms with Crippen LogP contribution >= 0.6 is 15.9 Å². The zero-order valence-electron chi connectivity index (χ0n) is 11.0. The molecule has 0 aliphatic carbocycles. The molecule has 5 heteroatoms. The van der Waals surface area contributed by atoms with Gasteiger partial charge in [0, 0.05) is 18.9 Å². The molecule has 2 nitrogen and oxygen atoms in total. The Labute approximate surface area is 116 Å². The van der Waals surface area contributed by atoms with Crippen LogP contribution in [-0.2, 0) is 5.33 Å². The highest BCUT2D eigenvalue weighted by Gasteiger charge is 2.14. The van der Waals surface area contributed by atoms with Gasteiger partial charge in [-0.15, -0.1) is 0 Å². The molecular formula is C13H19BrF2N2. The van der Waals surface area contributed by atoms with Gasteiger partial charge in [-0.25, -0.2) is 8.78 Å². The Balaban J connectivity index is 2.76. The van der Waals surface area contributed by atoms with E-state index in [0.717, 1.165) is 13.0 Å². The summed E-state index contributed by atoms with van der Waals surface area (Å²) in [5.41, 5.74) is 0.661. The van der Waals surface area contributed by atoms with Gasteiger partial charge in [0.05, 0.1) is 0 Å². The summed E-state index contributed by atoms with van der Waals surface area (Å²) in [6.45, 7) is 1.52. The number of alkyl halides is 1. The average Bonchev–Trinajstić information content (AvgIpc) is 2.27. The zero-order valence-corrected chi connectivity index (χ0v) is 12.6. The lowest BCUT2D eigenvalue weighted by Crippen LogP contribution is -2.25. The average molecular weight is 321 g/mol. The third kappa shape index (κ3) is 4.21. The van der Waals surface area contributed by atoms with Gasteiger partial charge in [-0.1, -0.05) is 15.9 Å². The molecule has 0 bridgehead atoms. The van der Waals surface area contributed by atoms with Crippen LogP contribution in [0, 0.1) is 11.6 Å². The maximum atomic E-state index is 13.8. The van der Waals surface area contributed by atoms with Crippen molar-refractivity contribution in [3.8, 4) is 0 Å². The predicted octanol–water partition coefficient (Wildman–Crippen LogP) is 3.25. The Hall–Kier alpha value is -0.680. The smallest absolute Gasteiger partial charge is 0.149 e. The summed E-state index contributed by atoms with van der Waals surface area (Å²) < 4.78 is 27.6. The first-order valence-electron chi connectivity index (χ1n) is 5.85. The fraction of sp³-hybridized carbons (Fsp3) is 0.538. The quantitative estimate of drug-likeness (QED) is 0.742. The van der Waals surface area contributed by atoms with Crippen molar-refractivity contribution in [1.29, 1.82) is 0 Å². The molecule has 0 saturated carbocycles. The summed E-state index contributed by atoms with van der Waals surface area (Å²) >= 11 is 3.19. The first-order chi connectivity index (χ1) is 8.45. The van der Waals surface area contributed by atoms with Crippen molar-refractivity contribution in [2.75, 3.05) is 39.1 Å². The highest BCUT2D eigenvalue weighted by molar-refractivity contribution is 9.08. The van der Waals surface area contributed by atoms with Crippen molar-refractivity contribution in [2.45, 2.75) is 11.8 Å². The molecule has 18 heavy (non-hydrogen) atoms. The minimum Gasteiger partial charge on any atom is -0.370 e. The lowest BCUT2D eigenvalue weighted by atomic mass is 10.2. The summed E-state index contributed by atoms with van der Waals surface area (Å²) in [5.74, 6) is -1.01. The lowest BCUT2D eigenvalue weighted by molar-refractivity contribution is 0.401. The van der Waals surface area contributed by atoms with Crippen molar-refractivity contribution >= 4 is 21.6 Å². The molecular weight excluding hydrogens is 302 g/mol. The van der Waals surface area contributed by atoms with E-state index in [1.165, 1.54) is 12.1 Å². The number of rotatable bonds is 6. The largest absolute Gasteiger partial charge is 0.370 e. The molecule has 0 radical (unpaired) electrons. The van der Waals surface area contributed by atoms with Crippen LogP contribution in [0.1, 0.15) is 12.0 Å². The third-order valence-electron chi connectivity index (χ3n) is 2.71. The lowest BCUT2D eigenvalue weighted by Gasteiger charge is -2.22. The molecule has 0 unspecified atom stereocenters. The number of anilines is 1. The number of halogens is 3. The van der Waals surface area contributed by atoms with E-state index in [2.05, 4.69) is 20.8 Å². The third-order valence-corrected chi connectivity index (χ3v) is 3.36. The van der Waals surface area contributed by atoms with Gasteiger partial charge in [-0.05, 0) is 44.8 Å². The zero-order chi connectivity index (χ0) is 13.7. The van der Waals surface area contributed by atoms with Gasteiger partial charge < -0.3 is 9.80 Å². The van der Waals surface area contributed by atoms with Crippen molar-refractivity contribution in [3.63, 3.8) is 0 Å². The highest BCUT2D eigenvalue weighted by atomic mass is 79.9. The van der Waals surface area contributed by atoms with E-state index in [0.29, 0.717) is 17.4 Å². The number of nitrogens with zero attached hydrogens (tertiary/aromatic N) is 2. The number of hydrogen-bond acceptors (Lipinski definition) is 2. The first-order valence-corrected chi connectivity index (χ1v) is 6.97. The number of benzene rings is 1. The second-order valence-electron chi connectivity index (χ2n) is 4.62. The first kappa shape index (κ1) is 15.4. The van der Waals surface area contributed by atoms with Crippen LogP contribution in [0.2, 0.25) is 0 Å². The van der Waals surface area contributed by atoms with Gasteiger partial charge in [0.2, 0.25) is 0 Å². The molecule has 0 saturated heterocycles. The normalized spacial score (nSPS) is 11.1. The van der Waals surface area contributed by atoms with Crippen LogP contribution in [0.25, 0.3) is 0 Å². The second kappa shape index (κ2) is 7.04. The molecule has 0 N–H and O–H groups in total. The number of hydrogen-bond donors (Lipinski definition) is 0. The molecule has 0 aliphatic rings. The van der Waals surface area contributed by atoms with Crippen LogP contribution in [0.15, 0.2) is 12.1 Å². The van der Waals surface area contributed by atoms with Gasteiger partial charge in [-0.3, -0.25) is 0 Å². The van der Waals surface area contributed by atoms with Crippen LogP contribution < -0.4 is 4.90 Å². The summed E-state index contributed by atoms with van der Waals surface area (Å²) in [5, 5.41) is 0.450. The van der Waals surface area contributed by atoms with E-state index in [4.69, 9.17) is 0 Å². The highest BCUT2D eigenvalue weighted by Crippen LogP contribution is 2.25. The molecule has 0 fully saturated rings. The molecule has 1 aromatic rings. The SMILES string of the molecule is CN(C)CCCN(C)c1c(F)cc(CBr)cc1F. The molecule has 0 aromatic heterocycles. The van der Waals surface area contributed by atoms with Crippen molar-refractivity contribution in [2.24, 2.45) is 0 Å². The monoisotopic (exact) mass is 320 g/mol. The minimum absolute atomic E-state index is 0.0541. The van der Waals surface area contributed by atoms with E-state index in [9.17, 15) is 8.78 Å². The van der Waals surface area contributed by atoms with E-state index in [1.807, 2.05) is 14.1 Å². The molecule has 0 aliphatic heterocycles. The van der Waals surface area contributed by atoms with Crippen molar-refractivity contribution < 1.29 is 8.78 Å². The fourth-order valence-corrected chi connectivity index (χ4v) is 2.12. The standard InChI is InChI=1S/C13H19BrF2N2/c1-17(2)5-4-6-18(3)13-11(15)7-10(9-14)8-12(13)16/h7-8H,4-6,9H2,1-3H3. The maximum Gasteiger partial charge on any atom is 0.149 e. The maximum absolute atomic E-state index is 13.8. The Morgan fingerprint density at radius 2 is 1.61 bits per heavy atom. The van der Waals surface area contributed by atoms with Gasteiger partial charge in [0.25, 0.3) is 0 Å². The second-order valence-corrected chi connectivity index (χ2v) is 5.18. The summed E-state index contributed by atoms with van der Waals surface area (Å²) in [4.78, 5) is 3.68. The van der Waals surface area contributed by atoms with Gasteiger partial charge in [-0.2, -0.15) is 0 Å². The minimum atomic E-state index is -0.503. The van der Waals surface area contributed by atoms with Crippen molar-refractivity contribution in [3.05, 3.63) is 29.3 Å². The van der Waals surface area contributed by atoms with Crippen LogP contribution in [-0.4, -0.2) is 39.1 Å². The molecule has 0 amide bonds.